The second kappa shape index (κ2) is 9.10. The van der Waals surface area contributed by atoms with Crippen molar-refractivity contribution >= 4 is 29.1 Å². The van der Waals surface area contributed by atoms with Gasteiger partial charge in [0.2, 0.25) is 0 Å². The fraction of sp³-hybridized carbons (Fsp3) is 0.263. The predicted octanol–water partition coefficient (Wildman–Crippen LogP) is 4.13. The summed E-state index contributed by atoms with van der Waals surface area (Å²) in [4.78, 5) is 15.7. The van der Waals surface area contributed by atoms with Crippen molar-refractivity contribution in [3.63, 3.8) is 0 Å². The monoisotopic (exact) mass is 372 g/mol. The third kappa shape index (κ3) is 5.39. The number of aromatic nitrogens is 1. The quantitative estimate of drug-likeness (QED) is 0.633. The van der Waals surface area contributed by atoms with Crippen LogP contribution >= 0.6 is 11.6 Å². The topological polar surface area (TPSA) is 75.9 Å². The average Bonchev–Trinajstić information content (AvgIpc) is 2.64. The first-order valence-corrected chi connectivity index (χ1v) is 8.42. The lowest BCUT2D eigenvalue weighted by atomic mass is 10.1. The Hall–Kier alpha value is -2.73. The molecule has 0 saturated heterocycles. The molecule has 0 saturated carbocycles. The molecule has 0 unspecified atom stereocenters. The van der Waals surface area contributed by atoms with Crippen LogP contribution in [0.25, 0.3) is 0 Å². The molecule has 0 aliphatic heterocycles. The highest BCUT2D eigenvalue weighted by Gasteiger charge is 2.07. The van der Waals surface area contributed by atoms with Crippen LogP contribution in [0, 0.1) is 6.92 Å². The Balaban J connectivity index is 2.20. The molecule has 6 nitrogen and oxygen atoms in total. The van der Waals surface area contributed by atoms with Crippen molar-refractivity contribution in [2.75, 3.05) is 7.11 Å². The van der Waals surface area contributed by atoms with Gasteiger partial charge in [0.15, 0.2) is 0 Å². The van der Waals surface area contributed by atoms with E-state index >= 15 is 0 Å². The minimum atomic E-state index is -0.511. The van der Waals surface area contributed by atoms with E-state index in [0.29, 0.717) is 5.02 Å². The van der Waals surface area contributed by atoms with Gasteiger partial charge in [-0.1, -0.05) is 23.7 Å². The number of pyridine rings is 1. The molecule has 0 atom stereocenters. The number of halogens is 1. The number of methoxy groups -OCH3 is 1. The van der Waals surface area contributed by atoms with Gasteiger partial charge in [-0.25, -0.2) is 4.79 Å². The van der Waals surface area contributed by atoms with Crippen molar-refractivity contribution in [1.29, 1.82) is 0 Å². The van der Waals surface area contributed by atoms with E-state index in [4.69, 9.17) is 11.6 Å². The van der Waals surface area contributed by atoms with Gasteiger partial charge in [-0.3, -0.25) is 4.98 Å². The number of amides is 1. The summed E-state index contributed by atoms with van der Waals surface area (Å²) in [6.07, 6.45) is -0.511. The van der Waals surface area contributed by atoms with Gasteiger partial charge in [0.1, 0.15) is 0 Å². The molecule has 0 radical (unpaired) electrons. The third-order valence-electron chi connectivity index (χ3n) is 3.68. The highest BCUT2D eigenvalue weighted by atomic mass is 35.5. The summed E-state index contributed by atoms with van der Waals surface area (Å²) >= 11 is 6.18. The molecule has 0 spiro atoms. The number of hydrogen-bond donors (Lipinski definition) is 1. The summed E-state index contributed by atoms with van der Waals surface area (Å²) in [5.74, 6) is 0. The van der Waals surface area contributed by atoms with Crippen LogP contribution in [0.15, 0.2) is 46.6 Å². The molecule has 26 heavy (non-hydrogen) atoms. The highest BCUT2D eigenvalue weighted by Crippen LogP contribution is 2.18. The standard InChI is InChI=1S/C19H21ClN4O2/c1-12-6-5-7-18(22-12)14(3)24-23-13(2)15-8-9-17(20)16(10-15)11-21-19(25)26-4/h5-10H,11H2,1-4H3,(H,21,25). The maximum absolute atomic E-state index is 11.2. The van der Waals surface area contributed by atoms with Crippen LogP contribution < -0.4 is 5.32 Å². The third-order valence-corrected chi connectivity index (χ3v) is 4.05. The molecule has 1 N–H and O–H groups in total. The van der Waals surface area contributed by atoms with Crippen molar-refractivity contribution in [1.82, 2.24) is 10.3 Å². The van der Waals surface area contributed by atoms with Crippen LogP contribution in [0.4, 0.5) is 4.79 Å². The summed E-state index contributed by atoms with van der Waals surface area (Å²) in [5, 5.41) is 11.7. The number of aryl methyl sites for hydroxylation is 1. The van der Waals surface area contributed by atoms with E-state index in [1.165, 1.54) is 7.11 Å². The van der Waals surface area contributed by atoms with E-state index in [-0.39, 0.29) is 6.54 Å². The first-order chi connectivity index (χ1) is 12.4. The summed E-state index contributed by atoms with van der Waals surface area (Å²) in [6, 6.07) is 11.3. The Bertz CT molecular complexity index is 862. The number of nitrogens with zero attached hydrogens (tertiary/aromatic N) is 3. The fourth-order valence-electron chi connectivity index (χ4n) is 2.18. The second-order valence-corrected chi connectivity index (χ2v) is 6.09. The molecular formula is C19H21ClN4O2. The molecule has 0 aliphatic rings. The summed E-state index contributed by atoms with van der Waals surface area (Å²) in [7, 11) is 1.31. The van der Waals surface area contributed by atoms with Crippen molar-refractivity contribution in [3.8, 4) is 0 Å². The maximum Gasteiger partial charge on any atom is 0.407 e. The van der Waals surface area contributed by atoms with Gasteiger partial charge < -0.3 is 10.1 Å². The number of rotatable bonds is 5. The largest absolute Gasteiger partial charge is 0.453 e. The smallest absolute Gasteiger partial charge is 0.407 e. The molecule has 1 heterocycles. The number of carbonyl (C=O) groups excluding carboxylic acids is 1. The lowest BCUT2D eigenvalue weighted by Gasteiger charge is -2.08. The summed E-state index contributed by atoms with van der Waals surface area (Å²) in [6.45, 7) is 5.93. The van der Waals surface area contributed by atoms with Crippen molar-refractivity contribution in [2.24, 2.45) is 10.2 Å². The van der Waals surface area contributed by atoms with Crippen molar-refractivity contribution < 1.29 is 9.53 Å². The van der Waals surface area contributed by atoms with Gasteiger partial charge in [0.25, 0.3) is 0 Å². The predicted molar refractivity (Wildman–Crippen MR) is 104 cm³/mol. The van der Waals surface area contributed by atoms with Gasteiger partial charge >= 0.3 is 6.09 Å². The number of hydrogen-bond acceptors (Lipinski definition) is 5. The molecule has 136 valence electrons. The Morgan fingerprint density at radius 3 is 2.62 bits per heavy atom. The van der Waals surface area contributed by atoms with E-state index < -0.39 is 6.09 Å². The Morgan fingerprint density at radius 1 is 1.19 bits per heavy atom. The molecule has 1 aromatic carbocycles. The van der Waals surface area contributed by atoms with Gasteiger partial charge in [0, 0.05) is 17.3 Å². The molecule has 7 heteroatoms. The van der Waals surface area contributed by atoms with Crippen LogP contribution in [-0.2, 0) is 11.3 Å². The maximum atomic E-state index is 11.2. The van der Waals surface area contributed by atoms with E-state index in [1.807, 2.05) is 51.1 Å². The SMILES string of the molecule is COC(=O)NCc1cc(C(C)=NN=C(C)c2cccc(C)n2)ccc1Cl. The van der Waals surface area contributed by atoms with Crippen LogP contribution in [0.1, 0.15) is 36.4 Å². The highest BCUT2D eigenvalue weighted by molar-refractivity contribution is 6.31. The number of alkyl carbamates (subject to hydrolysis) is 1. The van der Waals surface area contributed by atoms with Gasteiger partial charge in [-0.2, -0.15) is 10.2 Å². The lowest BCUT2D eigenvalue weighted by Crippen LogP contribution is -2.22. The van der Waals surface area contributed by atoms with Gasteiger partial charge in [-0.05, 0) is 56.2 Å². The Kier molecular flexibility index (Phi) is 6.86. The summed E-state index contributed by atoms with van der Waals surface area (Å²) in [5.41, 5.74) is 4.82. The normalized spacial score (nSPS) is 12.0. The molecule has 0 fully saturated rings. The van der Waals surface area contributed by atoms with Gasteiger partial charge in [0.05, 0.1) is 24.2 Å². The number of carbonyl (C=O) groups is 1. The average molecular weight is 373 g/mol. The molecule has 1 amide bonds. The van der Waals surface area contributed by atoms with Crippen LogP contribution in [0.3, 0.4) is 0 Å². The fourth-order valence-corrected chi connectivity index (χ4v) is 2.36. The first kappa shape index (κ1) is 19.6. The van der Waals surface area contributed by atoms with E-state index in [2.05, 4.69) is 25.2 Å². The minimum Gasteiger partial charge on any atom is -0.453 e. The number of benzene rings is 1. The van der Waals surface area contributed by atoms with Crippen molar-refractivity contribution in [3.05, 3.63) is 63.9 Å². The number of ether oxygens (including phenoxy) is 1. The van der Waals surface area contributed by atoms with E-state index in [1.54, 1.807) is 6.07 Å². The minimum absolute atomic E-state index is 0.266. The molecule has 2 aromatic rings. The molecule has 1 aromatic heterocycles. The second-order valence-electron chi connectivity index (χ2n) is 5.69. The molecular weight excluding hydrogens is 352 g/mol. The zero-order valence-electron chi connectivity index (χ0n) is 15.2. The zero-order valence-corrected chi connectivity index (χ0v) is 16.0. The Morgan fingerprint density at radius 2 is 1.92 bits per heavy atom. The van der Waals surface area contributed by atoms with E-state index in [0.717, 1.165) is 33.9 Å². The van der Waals surface area contributed by atoms with Crippen LogP contribution in [0.5, 0.6) is 0 Å². The molecule has 0 aliphatic carbocycles. The Labute approximate surface area is 158 Å². The lowest BCUT2D eigenvalue weighted by molar-refractivity contribution is 0.170. The van der Waals surface area contributed by atoms with Crippen LogP contribution in [0.2, 0.25) is 5.02 Å². The number of nitrogens with one attached hydrogen (secondary N) is 1. The molecule has 0 bridgehead atoms. The zero-order chi connectivity index (χ0) is 19.1. The molecule has 2 rings (SSSR count). The van der Waals surface area contributed by atoms with E-state index in [9.17, 15) is 4.79 Å². The summed E-state index contributed by atoms with van der Waals surface area (Å²) < 4.78 is 4.56. The van der Waals surface area contributed by atoms with Crippen molar-refractivity contribution in [2.45, 2.75) is 27.3 Å². The first-order valence-electron chi connectivity index (χ1n) is 8.04. The van der Waals surface area contributed by atoms with Gasteiger partial charge in [-0.15, -0.1) is 0 Å². The van der Waals surface area contributed by atoms with Crippen LogP contribution in [-0.4, -0.2) is 29.6 Å².